The number of ether oxygens (including phenoxy) is 5. The average Bonchev–Trinajstić information content (AvgIpc) is 3.26. The second-order valence-corrected chi connectivity index (χ2v) is 11.7. The predicted molar refractivity (Wildman–Crippen MR) is 135 cm³/mol. The Morgan fingerprint density at radius 3 is 2.40 bits per heavy atom. The van der Waals surface area contributed by atoms with Crippen LogP contribution in [0.25, 0.3) is 0 Å². The zero-order valence-electron chi connectivity index (χ0n) is 22.4. The molecule has 2 bridgehead atoms. The lowest BCUT2D eigenvalue weighted by atomic mass is 9.66. The first-order chi connectivity index (χ1) is 18.9. The maximum Gasteiger partial charge on any atom is 0.197 e. The minimum absolute atomic E-state index is 0.0521. The minimum atomic E-state index is -1.98. The number of carbonyl (C=O) groups is 2. The molecule has 214 valence electrons. The second-order valence-electron chi connectivity index (χ2n) is 11.7. The van der Waals surface area contributed by atoms with E-state index in [1.54, 1.807) is 20.8 Å². The molecule has 40 heavy (non-hydrogen) atoms. The van der Waals surface area contributed by atoms with Gasteiger partial charge in [-0.15, -0.1) is 0 Å². The third kappa shape index (κ3) is 3.27. The second kappa shape index (κ2) is 8.60. The molecule has 0 aromatic heterocycles. The first kappa shape index (κ1) is 26.1. The van der Waals surface area contributed by atoms with Crippen molar-refractivity contribution in [2.45, 2.75) is 107 Å². The summed E-state index contributed by atoms with van der Waals surface area (Å²) in [4.78, 5) is 27.9. The van der Waals surface area contributed by atoms with Crippen LogP contribution in [0.2, 0.25) is 0 Å². The van der Waals surface area contributed by atoms with Crippen LogP contribution in [0.5, 0.6) is 11.5 Å². The molecule has 11 heteroatoms. The van der Waals surface area contributed by atoms with Crippen molar-refractivity contribution in [2.24, 2.45) is 0 Å². The molecular formula is C29H32O11. The van der Waals surface area contributed by atoms with Crippen LogP contribution in [-0.2, 0) is 29.3 Å². The molecule has 4 N–H and O–H groups in total. The number of phenols is 2. The summed E-state index contributed by atoms with van der Waals surface area (Å²) in [5, 5.41) is 45.4. The first-order valence-electron chi connectivity index (χ1n) is 13.8. The van der Waals surface area contributed by atoms with Crippen molar-refractivity contribution in [3.05, 3.63) is 45.7 Å². The van der Waals surface area contributed by atoms with Crippen LogP contribution in [0.4, 0.5) is 0 Å². The Balaban J connectivity index is 1.35. The molecule has 5 heterocycles. The van der Waals surface area contributed by atoms with Gasteiger partial charge in [0.2, 0.25) is 0 Å². The van der Waals surface area contributed by atoms with E-state index in [2.05, 4.69) is 6.58 Å². The van der Waals surface area contributed by atoms with E-state index in [0.717, 1.165) is 0 Å². The lowest BCUT2D eigenvalue weighted by molar-refractivity contribution is -0.311. The number of aliphatic hydroxyl groups excluding tert-OH is 1. The van der Waals surface area contributed by atoms with E-state index in [0.29, 0.717) is 25.0 Å². The van der Waals surface area contributed by atoms with E-state index in [4.69, 9.17) is 23.7 Å². The number of hydrogen-bond acceptors (Lipinski definition) is 11. The Bertz CT molecular complexity index is 1400. The summed E-state index contributed by atoms with van der Waals surface area (Å²) in [6, 6.07) is 0. The monoisotopic (exact) mass is 556 g/mol. The van der Waals surface area contributed by atoms with Gasteiger partial charge in [-0.2, -0.15) is 0 Å². The smallest absolute Gasteiger partial charge is 0.197 e. The summed E-state index contributed by atoms with van der Waals surface area (Å²) >= 11 is 0. The van der Waals surface area contributed by atoms with E-state index >= 15 is 0 Å². The van der Waals surface area contributed by atoms with Gasteiger partial charge >= 0.3 is 0 Å². The molecule has 0 spiro atoms. The molecule has 11 nitrogen and oxygen atoms in total. The molecule has 1 aromatic carbocycles. The predicted octanol–water partition coefficient (Wildman–Crippen LogP) is 2.19. The van der Waals surface area contributed by atoms with Gasteiger partial charge in [0.15, 0.2) is 24.0 Å². The van der Waals surface area contributed by atoms with Crippen LogP contribution >= 0.6 is 0 Å². The van der Waals surface area contributed by atoms with Gasteiger partial charge in [0.25, 0.3) is 0 Å². The molecule has 1 aromatic rings. The Morgan fingerprint density at radius 1 is 0.975 bits per heavy atom. The van der Waals surface area contributed by atoms with E-state index < -0.39 is 83.8 Å². The summed E-state index contributed by atoms with van der Waals surface area (Å²) in [7, 11) is 0. The van der Waals surface area contributed by atoms with Crippen molar-refractivity contribution >= 4 is 11.6 Å². The number of Topliss-reactive ketones (excluding diaryl/α,β-unsaturated/α-hetero) is 2. The van der Waals surface area contributed by atoms with E-state index in [1.165, 1.54) is 0 Å². The zero-order chi connectivity index (χ0) is 28.4. The molecule has 2 aliphatic carbocycles. The van der Waals surface area contributed by atoms with Gasteiger partial charge in [-0.05, 0) is 27.2 Å². The van der Waals surface area contributed by atoms with Crippen molar-refractivity contribution in [1.82, 2.24) is 0 Å². The Kier molecular flexibility index (Phi) is 5.62. The number of rotatable bonds is 2. The fraction of sp³-hybridized carbons (Fsp3) is 0.586. The van der Waals surface area contributed by atoms with Crippen molar-refractivity contribution in [3.8, 4) is 11.5 Å². The largest absolute Gasteiger partial charge is 0.507 e. The number of aromatic hydroxyl groups is 2. The number of phenolic OH excluding ortho intramolecular Hbond substituents is 2. The van der Waals surface area contributed by atoms with Gasteiger partial charge in [0.1, 0.15) is 23.2 Å². The fourth-order valence-corrected chi connectivity index (χ4v) is 7.41. The van der Waals surface area contributed by atoms with Crippen LogP contribution in [0.3, 0.4) is 0 Å². The average molecular weight is 557 g/mol. The Hall–Kier alpha value is -2.80. The number of carbonyl (C=O) groups excluding carboxylic acids is 2. The topological polar surface area (TPSA) is 161 Å². The molecule has 7 aliphatic rings. The molecule has 10 unspecified atom stereocenters. The Morgan fingerprint density at radius 2 is 1.68 bits per heavy atom. The van der Waals surface area contributed by atoms with Crippen LogP contribution in [-0.4, -0.2) is 81.0 Å². The van der Waals surface area contributed by atoms with Gasteiger partial charge in [-0.25, -0.2) is 0 Å². The SMILES string of the molecule is C=C1CC2OC(C)C3=C(C(=O)c4c(O)c5c(c(O)c4C3=O)C3(O)C(C)OC5CC3OC3CCC(O)C(C)O3)C2O1. The van der Waals surface area contributed by atoms with Gasteiger partial charge in [0.05, 0.1) is 59.1 Å². The van der Waals surface area contributed by atoms with Crippen molar-refractivity contribution in [2.75, 3.05) is 0 Å². The number of benzene rings is 1. The molecule has 0 saturated carbocycles. The summed E-state index contributed by atoms with van der Waals surface area (Å²) in [5.74, 6) is -2.00. The van der Waals surface area contributed by atoms with Gasteiger partial charge in [0, 0.05) is 36.0 Å². The third-order valence-corrected chi connectivity index (χ3v) is 9.40. The highest BCUT2D eigenvalue weighted by Gasteiger charge is 2.62. The highest BCUT2D eigenvalue weighted by Crippen LogP contribution is 2.60. The molecule has 8 rings (SSSR count). The maximum atomic E-state index is 14.0. The molecule has 10 atom stereocenters. The number of ketones is 2. The number of aliphatic hydroxyl groups is 2. The zero-order valence-corrected chi connectivity index (χ0v) is 22.4. The fourth-order valence-electron chi connectivity index (χ4n) is 7.41. The molecule has 3 fully saturated rings. The van der Waals surface area contributed by atoms with Crippen LogP contribution in [0, 0.1) is 0 Å². The van der Waals surface area contributed by atoms with Crippen molar-refractivity contribution in [1.29, 1.82) is 0 Å². The molecule has 3 saturated heterocycles. The van der Waals surface area contributed by atoms with Crippen LogP contribution in [0.15, 0.2) is 23.5 Å². The highest BCUT2D eigenvalue weighted by atomic mass is 16.7. The van der Waals surface area contributed by atoms with E-state index in [9.17, 15) is 30.0 Å². The summed E-state index contributed by atoms with van der Waals surface area (Å²) in [5.41, 5.74) is -2.59. The first-order valence-corrected chi connectivity index (χ1v) is 13.8. The van der Waals surface area contributed by atoms with Crippen LogP contribution < -0.4 is 0 Å². The van der Waals surface area contributed by atoms with Gasteiger partial charge < -0.3 is 44.1 Å². The lowest BCUT2D eigenvalue weighted by Crippen LogP contribution is -2.60. The summed E-state index contributed by atoms with van der Waals surface area (Å²) < 4.78 is 29.8. The van der Waals surface area contributed by atoms with Crippen molar-refractivity contribution in [3.63, 3.8) is 0 Å². The van der Waals surface area contributed by atoms with Gasteiger partial charge in [-0.3, -0.25) is 9.59 Å². The molecular weight excluding hydrogens is 524 g/mol. The quantitative estimate of drug-likeness (QED) is 0.395. The highest BCUT2D eigenvalue weighted by molar-refractivity contribution is 6.30. The van der Waals surface area contributed by atoms with E-state index in [1.807, 2.05) is 0 Å². The minimum Gasteiger partial charge on any atom is -0.507 e. The van der Waals surface area contributed by atoms with Gasteiger partial charge in [-0.1, -0.05) is 6.58 Å². The van der Waals surface area contributed by atoms with Crippen molar-refractivity contribution < 1.29 is 53.7 Å². The summed E-state index contributed by atoms with van der Waals surface area (Å²) in [6.07, 6.45) is -5.28. The normalized spacial score (nSPS) is 41.8. The standard InChI is InChI=1S/C29H32O11/c1-9-7-15-28(36-9)22-18(11(3)37-15)24(31)21-20(26(22)33)25(32)19-14-8-16(40-17-6-5-13(30)10(2)38-17)29(35,12(4)39-14)23(19)27(21)34/h10-17,28,30,32,34-35H,1,5-8H2,2-4H3. The summed E-state index contributed by atoms with van der Waals surface area (Å²) in [6.45, 7) is 8.82. The maximum absolute atomic E-state index is 14.0. The number of fused-ring (bicyclic) bond motifs is 5. The van der Waals surface area contributed by atoms with E-state index in [-0.39, 0.29) is 39.8 Å². The van der Waals surface area contributed by atoms with Crippen LogP contribution in [0.1, 0.15) is 84.4 Å². The molecule has 0 radical (unpaired) electrons. The Labute approximate surface area is 229 Å². The molecule has 0 amide bonds. The number of hydrogen-bond donors (Lipinski definition) is 4. The molecule has 5 aliphatic heterocycles. The third-order valence-electron chi connectivity index (χ3n) is 9.40. The lowest BCUT2D eigenvalue weighted by Gasteiger charge is -2.54.